The van der Waals surface area contributed by atoms with Gasteiger partial charge in [0.2, 0.25) is 0 Å². The standard InChI is InChI=1S/C15H15N5S.CH4/c1-9-7-12(11(17)8-10(9)16)18-19-15-20(2)13-5-3-4-6-14(13)21-15;/h3-8H,1-2H3,(H3,16,17);1H4/p+1. The van der Waals surface area contributed by atoms with Crippen molar-refractivity contribution in [3.63, 3.8) is 0 Å². The van der Waals surface area contributed by atoms with Crippen LogP contribution >= 0.6 is 11.3 Å². The van der Waals surface area contributed by atoms with Crippen molar-refractivity contribution >= 4 is 43.7 Å². The molecule has 0 aliphatic carbocycles. The van der Waals surface area contributed by atoms with Crippen molar-refractivity contribution in [2.75, 3.05) is 11.5 Å². The maximum atomic E-state index is 5.93. The molecule has 0 saturated heterocycles. The van der Waals surface area contributed by atoms with Crippen LogP contribution in [-0.2, 0) is 7.05 Å². The fraction of sp³-hybridized carbons (Fsp3) is 0.188. The first kappa shape index (κ1) is 15.9. The smallest absolute Gasteiger partial charge is 0.398 e. The lowest BCUT2D eigenvalue weighted by molar-refractivity contribution is -0.627. The molecular weight excluding hydrogens is 294 g/mol. The number of hydrogen-bond donors (Lipinski definition) is 2. The third-order valence-corrected chi connectivity index (χ3v) is 4.48. The molecule has 0 aliphatic heterocycles. The second-order valence-electron chi connectivity index (χ2n) is 4.88. The third kappa shape index (κ3) is 2.78. The van der Waals surface area contributed by atoms with Crippen LogP contribution < -0.4 is 16.0 Å². The van der Waals surface area contributed by atoms with Crippen LogP contribution in [0, 0.1) is 6.92 Å². The lowest BCUT2D eigenvalue weighted by Gasteiger charge is -2.02. The molecule has 22 heavy (non-hydrogen) atoms. The third-order valence-electron chi connectivity index (χ3n) is 3.37. The quantitative estimate of drug-likeness (QED) is 0.421. The lowest BCUT2D eigenvalue weighted by Crippen LogP contribution is -2.25. The van der Waals surface area contributed by atoms with Crippen molar-refractivity contribution in [1.29, 1.82) is 0 Å². The number of nitrogens with zero attached hydrogens (tertiary/aromatic N) is 3. The molecule has 6 heteroatoms. The Kier molecular flexibility index (Phi) is 4.42. The Morgan fingerprint density at radius 3 is 2.50 bits per heavy atom. The summed E-state index contributed by atoms with van der Waals surface area (Å²) in [5.41, 5.74) is 15.7. The van der Waals surface area contributed by atoms with E-state index in [0.29, 0.717) is 17.1 Å². The monoisotopic (exact) mass is 314 g/mol. The second kappa shape index (κ2) is 6.11. The summed E-state index contributed by atoms with van der Waals surface area (Å²) in [5, 5.41) is 9.42. The molecule has 0 amide bonds. The van der Waals surface area contributed by atoms with Gasteiger partial charge in [0.25, 0.3) is 0 Å². The number of anilines is 2. The first-order chi connectivity index (χ1) is 10.1. The van der Waals surface area contributed by atoms with Crippen LogP contribution in [0.25, 0.3) is 10.2 Å². The summed E-state index contributed by atoms with van der Waals surface area (Å²) < 4.78 is 3.19. The van der Waals surface area contributed by atoms with Gasteiger partial charge in [0, 0.05) is 5.69 Å². The molecule has 0 fully saturated rings. The van der Waals surface area contributed by atoms with Gasteiger partial charge >= 0.3 is 5.13 Å². The Morgan fingerprint density at radius 1 is 1.05 bits per heavy atom. The number of nitrogen functional groups attached to an aromatic ring is 2. The maximum Gasteiger partial charge on any atom is 0.409 e. The minimum Gasteiger partial charge on any atom is -0.398 e. The average Bonchev–Trinajstić information content (AvgIpc) is 2.79. The molecule has 0 radical (unpaired) electrons. The van der Waals surface area contributed by atoms with Gasteiger partial charge in [-0.05, 0) is 53.2 Å². The number of thiazole rings is 1. The van der Waals surface area contributed by atoms with Crippen molar-refractivity contribution in [3.05, 3.63) is 42.0 Å². The van der Waals surface area contributed by atoms with E-state index in [1.54, 1.807) is 17.4 Å². The molecule has 0 unspecified atom stereocenters. The van der Waals surface area contributed by atoms with Gasteiger partial charge in [-0.1, -0.05) is 19.6 Å². The second-order valence-corrected chi connectivity index (χ2v) is 5.89. The Bertz CT molecular complexity index is 851. The molecule has 0 aliphatic rings. The summed E-state index contributed by atoms with van der Waals surface area (Å²) >= 11 is 1.59. The molecule has 1 heterocycles. The average molecular weight is 314 g/mol. The van der Waals surface area contributed by atoms with E-state index in [1.165, 1.54) is 4.70 Å². The van der Waals surface area contributed by atoms with Crippen molar-refractivity contribution in [2.24, 2.45) is 17.3 Å². The SMILES string of the molecule is C.Cc1cc(N=Nc2sc3ccccc3[n+]2C)c(N)cc1N. The molecule has 2 aromatic carbocycles. The maximum absolute atomic E-state index is 5.93. The Morgan fingerprint density at radius 2 is 1.77 bits per heavy atom. The lowest BCUT2D eigenvalue weighted by atomic mass is 10.1. The molecule has 114 valence electrons. The number of nitrogens with two attached hydrogens (primary N) is 2. The fourth-order valence-corrected chi connectivity index (χ4v) is 3.06. The van der Waals surface area contributed by atoms with E-state index >= 15 is 0 Å². The Balaban J connectivity index is 0.00000176. The molecule has 3 rings (SSSR count). The summed E-state index contributed by atoms with van der Waals surface area (Å²) in [6.07, 6.45) is 0. The molecule has 0 spiro atoms. The van der Waals surface area contributed by atoms with E-state index < -0.39 is 0 Å². The van der Waals surface area contributed by atoms with Gasteiger partial charge < -0.3 is 11.5 Å². The van der Waals surface area contributed by atoms with Gasteiger partial charge in [0.15, 0.2) is 0 Å². The molecular formula is C16H20N5S+. The van der Waals surface area contributed by atoms with E-state index in [0.717, 1.165) is 16.2 Å². The van der Waals surface area contributed by atoms with E-state index in [4.69, 9.17) is 11.5 Å². The van der Waals surface area contributed by atoms with Crippen molar-refractivity contribution in [3.8, 4) is 0 Å². The van der Waals surface area contributed by atoms with E-state index in [1.807, 2.05) is 36.7 Å². The van der Waals surface area contributed by atoms with Crippen molar-refractivity contribution < 1.29 is 4.57 Å². The van der Waals surface area contributed by atoms with Gasteiger partial charge in [0.1, 0.15) is 11.2 Å². The van der Waals surface area contributed by atoms with Crippen molar-refractivity contribution in [1.82, 2.24) is 0 Å². The van der Waals surface area contributed by atoms with E-state index in [-0.39, 0.29) is 7.43 Å². The summed E-state index contributed by atoms with van der Waals surface area (Å²) in [4.78, 5) is 0. The topological polar surface area (TPSA) is 80.6 Å². The van der Waals surface area contributed by atoms with Crippen LogP contribution in [0.1, 0.15) is 13.0 Å². The van der Waals surface area contributed by atoms with Crippen LogP contribution in [0.15, 0.2) is 46.6 Å². The van der Waals surface area contributed by atoms with Gasteiger partial charge in [0.05, 0.1) is 22.5 Å². The van der Waals surface area contributed by atoms with Crippen LogP contribution in [0.4, 0.5) is 22.2 Å². The first-order valence-electron chi connectivity index (χ1n) is 6.51. The molecule has 0 bridgehead atoms. The number of benzene rings is 2. The number of rotatable bonds is 2. The minimum atomic E-state index is 0. The normalized spacial score (nSPS) is 11.0. The molecule has 4 N–H and O–H groups in total. The fourth-order valence-electron chi connectivity index (χ4n) is 2.09. The zero-order chi connectivity index (χ0) is 15.0. The zero-order valence-electron chi connectivity index (χ0n) is 11.9. The van der Waals surface area contributed by atoms with E-state index in [9.17, 15) is 0 Å². The highest BCUT2D eigenvalue weighted by Crippen LogP contribution is 2.31. The van der Waals surface area contributed by atoms with Crippen LogP contribution in [0.5, 0.6) is 0 Å². The number of para-hydroxylation sites is 1. The predicted octanol–water partition coefficient (Wildman–Crippen LogP) is 4.25. The van der Waals surface area contributed by atoms with Gasteiger partial charge in [-0.2, -0.15) is 0 Å². The molecule has 5 nitrogen and oxygen atoms in total. The summed E-state index contributed by atoms with van der Waals surface area (Å²) in [6.45, 7) is 1.92. The largest absolute Gasteiger partial charge is 0.409 e. The molecule has 0 atom stereocenters. The van der Waals surface area contributed by atoms with Gasteiger partial charge in [-0.15, -0.1) is 0 Å². The Labute approximate surface area is 133 Å². The van der Waals surface area contributed by atoms with Crippen LogP contribution in [-0.4, -0.2) is 0 Å². The summed E-state index contributed by atoms with van der Waals surface area (Å²) in [6, 6.07) is 11.7. The Hall–Kier alpha value is -2.47. The molecule has 1 aromatic heterocycles. The highest BCUT2D eigenvalue weighted by molar-refractivity contribution is 7.21. The summed E-state index contributed by atoms with van der Waals surface area (Å²) in [7, 11) is 1.98. The summed E-state index contributed by atoms with van der Waals surface area (Å²) in [5.74, 6) is 0. The first-order valence-corrected chi connectivity index (χ1v) is 7.33. The highest BCUT2D eigenvalue weighted by atomic mass is 32.1. The number of azo groups is 1. The number of hydrogen-bond acceptors (Lipinski definition) is 5. The van der Waals surface area contributed by atoms with Gasteiger partial charge in [-0.3, -0.25) is 0 Å². The molecule has 0 saturated carbocycles. The van der Waals surface area contributed by atoms with E-state index in [2.05, 4.69) is 22.4 Å². The number of aromatic nitrogens is 1. The number of aryl methyl sites for hydroxylation is 2. The van der Waals surface area contributed by atoms with Gasteiger partial charge in [-0.25, -0.2) is 4.57 Å². The van der Waals surface area contributed by atoms with Crippen LogP contribution in [0.3, 0.4) is 0 Å². The van der Waals surface area contributed by atoms with Crippen molar-refractivity contribution in [2.45, 2.75) is 14.4 Å². The number of fused-ring (bicyclic) bond motifs is 1. The minimum absolute atomic E-state index is 0. The molecule has 3 aromatic rings. The zero-order valence-corrected chi connectivity index (χ0v) is 12.7. The van der Waals surface area contributed by atoms with Crippen LogP contribution in [0.2, 0.25) is 0 Å². The predicted molar refractivity (Wildman–Crippen MR) is 93.9 cm³/mol. The highest BCUT2D eigenvalue weighted by Gasteiger charge is 2.15.